The van der Waals surface area contributed by atoms with Crippen LogP contribution in [-0.2, 0) is 10.8 Å². The number of phenols is 1. The second kappa shape index (κ2) is 7.69. The number of allylic oxidation sites excluding steroid dienone is 4. The van der Waals surface area contributed by atoms with Crippen LogP contribution >= 0.6 is 0 Å². The molecule has 3 rings (SSSR count). The van der Waals surface area contributed by atoms with Gasteiger partial charge in [-0.1, -0.05) is 82.5 Å². The standard InChI is InChI=1S/C30H40O/c1-17-12-13-23(27-20(4)18(2)19(3)21(27)5)24(14-17)25-15-22(29(6,7)8)16-26(28(25)31)30(9,10)11/h12-16,27,31H,1-11H3. The van der Waals surface area contributed by atoms with Crippen molar-refractivity contribution < 1.29 is 5.11 Å². The summed E-state index contributed by atoms with van der Waals surface area (Å²) in [4.78, 5) is 0. The number of aryl methyl sites for hydroxylation is 1. The largest absolute Gasteiger partial charge is 0.507 e. The van der Waals surface area contributed by atoms with Crippen LogP contribution in [0.5, 0.6) is 5.75 Å². The van der Waals surface area contributed by atoms with Gasteiger partial charge in [0.25, 0.3) is 0 Å². The monoisotopic (exact) mass is 416 g/mol. The highest BCUT2D eigenvalue weighted by Gasteiger charge is 2.30. The van der Waals surface area contributed by atoms with E-state index in [1.165, 1.54) is 39.0 Å². The van der Waals surface area contributed by atoms with Crippen LogP contribution in [0.25, 0.3) is 11.1 Å². The summed E-state index contributed by atoms with van der Waals surface area (Å²) in [6.07, 6.45) is 0. The first-order valence-electron chi connectivity index (χ1n) is 11.5. The minimum Gasteiger partial charge on any atom is -0.507 e. The molecule has 0 spiro atoms. The molecule has 0 saturated carbocycles. The number of aromatic hydroxyl groups is 1. The Labute approximate surface area is 189 Å². The molecular formula is C30H40O. The molecule has 0 fully saturated rings. The second-order valence-electron chi connectivity index (χ2n) is 11.6. The Hall–Kier alpha value is -2.28. The normalized spacial score (nSPS) is 16.0. The van der Waals surface area contributed by atoms with Crippen molar-refractivity contribution in [1.82, 2.24) is 0 Å². The number of phenolic OH excluding ortho intramolecular Hbond substituents is 1. The third kappa shape index (κ3) is 4.12. The zero-order chi connectivity index (χ0) is 23.5. The molecule has 166 valence electrons. The molecule has 0 unspecified atom stereocenters. The Bertz CT molecular complexity index is 1070. The van der Waals surface area contributed by atoms with E-state index in [0.29, 0.717) is 5.75 Å². The van der Waals surface area contributed by atoms with Gasteiger partial charge in [0.2, 0.25) is 0 Å². The zero-order valence-corrected chi connectivity index (χ0v) is 21.4. The van der Waals surface area contributed by atoms with Crippen molar-refractivity contribution in [2.75, 3.05) is 0 Å². The van der Waals surface area contributed by atoms with Crippen LogP contribution in [0.3, 0.4) is 0 Å². The molecule has 1 heteroatoms. The van der Waals surface area contributed by atoms with E-state index in [2.05, 4.69) is 106 Å². The maximum Gasteiger partial charge on any atom is 0.127 e. The molecule has 0 radical (unpaired) electrons. The van der Waals surface area contributed by atoms with Crippen molar-refractivity contribution in [3.63, 3.8) is 0 Å². The van der Waals surface area contributed by atoms with Crippen molar-refractivity contribution in [3.8, 4) is 16.9 Å². The molecule has 1 aliphatic carbocycles. The van der Waals surface area contributed by atoms with Crippen LogP contribution in [-0.4, -0.2) is 5.11 Å². The quantitative estimate of drug-likeness (QED) is 0.519. The van der Waals surface area contributed by atoms with Crippen molar-refractivity contribution in [3.05, 3.63) is 74.9 Å². The van der Waals surface area contributed by atoms with E-state index in [0.717, 1.165) is 16.7 Å². The summed E-state index contributed by atoms with van der Waals surface area (Å²) in [5.41, 5.74) is 12.4. The molecule has 0 atom stereocenters. The SMILES string of the molecule is CC1=C(C)C(c2ccc(C)cc2-c2cc(C(C)(C)C)cc(C(C)(C)C)c2O)C(C)=C1C. The Morgan fingerprint density at radius 2 is 1.23 bits per heavy atom. The van der Waals surface area contributed by atoms with Gasteiger partial charge in [0.1, 0.15) is 5.75 Å². The van der Waals surface area contributed by atoms with E-state index in [9.17, 15) is 5.11 Å². The predicted molar refractivity (Wildman–Crippen MR) is 135 cm³/mol. The maximum absolute atomic E-state index is 11.5. The van der Waals surface area contributed by atoms with E-state index in [4.69, 9.17) is 0 Å². The lowest BCUT2D eigenvalue weighted by molar-refractivity contribution is 0.446. The van der Waals surface area contributed by atoms with Crippen LogP contribution < -0.4 is 0 Å². The smallest absolute Gasteiger partial charge is 0.127 e. The fourth-order valence-electron chi connectivity index (χ4n) is 4.82. The van der Waals surface area contributed by atoms with Gasteiger partial charge in [-0.2, -0.15) is 0 Å². The highest BCUT2D eigenvalue weighted by Crippen LogP contribution is 2.49. The van der Waals surface area contributed by atoms with Gasteiger partial charge in [-0.3, -0.25) is 0 Å². The predicted octanol–water partition coefficient (Wildman–Crippen LogP) is 8.73. The van der Waals surface area contributed by atoms with Crippen LogP contribution in [0.15, 0.2) is 52.6 Å². The van der Waals surface area contributed by atoms with Crippen LogP contribution in [0.4, 0.5) is 0 Å². The summed E-state index contributed by atoms with van der Waals surface area (Å²) in [5.74, 6) is 0.688. The van der Waals surface area contributed by atoms with E-state index < -0.39 is 0 Å². The number of benzene rings is 2. The fourth-order valence-corrected chi connectivity index (χ4v) is 4.82. The lowest BCUT2D eigenvalue weighted by Crippen LogP contribution is -2.17. The fraction of sp³-hybridized carbons (Fsp3) is 0.467. The van der Waals surface area contributed by atoms with Gasteiger partial charge in [0.15, 0.2) is 0 Å². The van der Waals surface area contributed by atoms with Gasteiger partial charge >= 0.3 is 0 Å². The van der Waals surface area contributed by atoms with Crippen LogP contribution in [0.2, 0.25) is 0 Å². The lowest BCUT2D eigenvalue weighted by atomic mass is 9.76. The molecule has 2 aromatic carbocycles. The van der Waals surface area contributed by atoms with Crippen LogP contribution in [0, 0.1) is 6.92 Å². The molecule has 2 aromatic rings. The first-order valence-corrected chi connectivity index (χ1v) is 11.5. The molecule has 0 amide bonds. The summed E-state index contributed by atoms with van der Waals surface area (Å²) < 4.78 is 0. The van der Waals surface area contributed by atoms with Gasteiger partial charge in [-0.25, -0.2) is 0 Å². The van der Waals surface area contributed by atoms with E-state index in [-0.39, 0.29) is 16.7 Å². The number of hydrogen-bond donors (Lipinski definition) is 1. The number of rotatable bonds is 2. The van der Waals surface area contributed by atoms with Gasteiger partial charge in [0.05, 0.1) is 0 Å². The molecule has 31 heavy (non-hydrogen) atoms. The summed E-state index contributed by atoms with van der Waals surface area (Å²) >= 11 is 0. The Morgan fingerprint density at radius 1 is 0.677 bits per heavy atom. The Morgan fingerprint density at radius 3 is 1.71 bits per heavy atom. The van der Waals surface area contributed by atoms with E-state index >= 15 is 0 Å². The molecule has 0 saturated heterocycles. The summed E-state index contributed by atoms with van der Waals surface area (Å²) in [5, 5.41) is 11.5. The van der Waals surface area contributed by atoms with Crippen molar-refractivity contribution in [2.45, 2.75) is 92.9 Å². The summed E-state index contributed by atoms with van der Waals surface area (Å²) in [7, 11) is 0. The van der Waals surface area contributed by atoms with Gasteiger partial charge in [-0.05, 0) is 79.4 Å². The van der Waals surface area contributed by atoms with Crippen molar-refractivity contribution in [1.29, 1.82) is 0 Å². The highest BCUT2D eigenvalue weighted by atomic mass is 16.3. The van der Waals surface area contributed by atoms with Crippen molar-refractivity contribution in [2.24, 2.45) is 0 Å². The molecule has 1 nitrogen and oxygen atoms in total. The average Bonchev–Trinajstić information content (AvgIpc) is 2.83. The third-order valence-corrected chi connectivity index (χ3v) is 7.21. The first-order chi connectivity index (χ1) is 14.1. The maximum atomic E-state index is 11.5. The van der Waals surface area contributed by atoms with Crippen LogP contribution in [0.1, 0.15) is 97.4 Å². The third-order valence-electron chi connectivity index (χ3n) is 7.21. The minimum atomic E-state index is -0.143. The number of hydrogen-bond acceptors (Lipinski definition) is 1. The second-order valence-corrected chi connectivity index (χ2v) is 11.6. The average molecular weight is 417 g/mol. The molecule has 0 bridgehead atoms. The lowest BCUT2D eigenvalue weighted by Gasteiger charge is -2.29. The topological polar surface area (TPSA) is 20.2 Å². The summed E-state index contributed by atoms with van der Waals surface area (Å²) in [6.45, 7) is 24.4. The van der Waals surface area contributed by atoms with Gasteiger partial charge in [0, 0.05) is 17.0 Å². The Balaban J connectivity index is 2.39. The molecule has 1 N–H and O–H groups in total. The molecule has 1 aliphatic rings. The zero-order valence-electron chi connectivity index (χ0n) is 21.4. The Kier molecular flexibility index (Phi) is 5.80. The summed E-state index contributed by atoms with van der Waals surface area (Å²) in [6, 6.07) is 11.2. The molecular weight excluding hydrogens is 376 g/mol. The van der Waals surface area contributed by atoms with E-state index in [1.807, 2.05) is 0 Å². The van der Waals surface area contributed by atoms with Crippen molar-refractivity contribution >= 4 is 0 Å². The van der Waals surface area contributed by atoms with Gasteiger partial charge in [-0.15, -0.1) is 0 Å². The minimum absolute atomic E-state index is 0.00138. The first kappa shape index (κ1) is 23.4. The van der Waals surface area contributed by atoms with Gasteiger partial charge < -0.3 is 5.11 Å². The molecule has 0 aromatic heterocycles. The van der Waals surface area contributed by atoms with E-state index in [1.54, 1.807) is 0 Å². The highest BCUT2D eigenvalue weighted by molar-refractivity contribution is 5.79. The molecule has 0 aliphatic heterocycles. The molecule has 0 heterocycles.